The predicted octanol–water partition coefficient (Wildman–Crippen LogP) is 1.44. The fraction of sp³-hybridized carbons (Fsp3) is 0.357. The van der Waals surface area contributed by atoms with E-state index in [9.17, 15) is 14.4 Å². The van der Waals surface area contributed by atoms with Crippen LogP contribution >= 0.6 is 0 Å². The summed E-state index contributed by atoms with van der Waals surface area (Å²) >= 11 is 0. The highest BCUT2D eigenvalue weighted by molar-refractivity contribution is 5.94. The molecule has 0 aliphatic carbocycles. The van der Waals surface area contributed by atoms with E-state index < -0.39 is 18.0 Å². The Bertz CT molecular complexity index is 514. The van der Waals surface area contributed by atoms with Crippen molar-refractivity contribution in [2.24, 2.45) is 0 Å². The van der Waals surface area contributed by atoms with Crippen LogP contribution in [0.25, 0.3) is 0 Å². The largest absolute Gasteiger partial charge is 0.481 e. The predicted molar refractivity (Wildman–Crippen MR) is 69.0 cm³/mol. The zero-order valence-corrected chi connectivity index (χ0v) is 10.8. The summed E-state index contributed by atoms with van der Waals surface area (Å²) in [4.78, 5) is 35.0. The minimum absolute atomic E-state index is 0.145. The summed E-state index contributed by atoms with van der Waals surface area (Å²) in [5, 5.41) is 8.59. The molecule has 1 heterocycles. The first-order valence-electron chi connectivity index (χ1n) is 6.32. The van der Waals surface area contributed by atoms with Crippen molar-refractivity contribution in [3.8, 4) is 0 Å². The molecular formula is C14H15NO5. The van der Waals surface area contributed by atoms with Gasteiger partial charge in [-0.05, 0) is 12.0 Å². The van der Waals surface area contributed by atoms with Crippen LogP contribution in [0.15, 0.2) is 30.3 Å². The van der Waals surface area contributed by atoms with Crippen molar-refractivity contribution < 1.29 is 24.2 Å². The van der Waals surface area contributed by atoms with Gasteiger partial charge in [-0.15, -0.1) is 0 Å². The highest BCUT2D eigenvalue weighted by Crippen LogP contribution is 2.18. The fourth-order valence-corrected chi connectivity index (χ4v) is 2.14. The molecule has 1 aliphatic heterocycles. The van der Waals surface area contributed by atoms with Crippen LogP contribution in [-0.4, -0.2) is 40.6 Å². The number of cyclic esters (lactones) is 1. The van der Waals surface area contributed by atoms with E-state index >= 15 is 0 Å². The summed E-state index contributed by atoms with van der Waals surface area (Å²) in [6.45, 7) is 0.145. The number of rotatable bonds is 5. The topological polar surface area (TPSA) is 83.9 Å². The monoisotopic (exact) mass is 277 g/mol. The van der Waals surface area contributed by atoms with Gasteiger partial charge < -0.3 is 9.84 Å². The molecule has 6 heteroatoms. The molecular weight excluding hydrogens is 262 g/mol. The maximum Gasteiger partial charge on any atom is 0.416 e. The third-order valence-corrected chi connectivity index (χ3v) is 3.10. The van der Waals surface area contributed by atoms with Crippen molar-refractivity contribution in [1.29, 1.82) is 0 Å². The second-order valence-electron chi connectivity index (χ2n) is 4.58. The summed E-state index contributed by atoms with van der Waals surface area (Å²) in [6, 6.07) is 9.08. The zero-order chi connectivity index (χ0) is 14.5. The summed E-state index contributed by atoms with van der Waals surface area (Å²) < 4.78 is 4.90. The first kappa shape index (κ1) is 14.0. The number of aliphatic carboxylic acids is 1. The first-order valence-corrected chi connectivity index (χ1v) is 6.32. The van der Waals surface area contributed by atoms with Crippen LogP contribution in [0, 0.1) is 0 Å². The lowest BCUT2D eigenvalue weighted by molar-refractivity contribution is -0.140. The highest BCUT2D eigenvalue weighted by Gasteiger charge is 2.37. The number of amides is 2. The highest BCUT2D eigenvalue weighted by atomic mass is 16.6. The third-order valence-electron chi connectivity index (χ3n) is 3.10. The number of nitrogens with zero attached hydrogens (tertiary/aromatic N) is 1. The van der Waals surface area contributed by atoms with Crippen LogP contribution in [0.5, 0.6) is 0 Å². The quantitative estimate of drug-likeness (QED) is 0.880. The summed E-state index contributed by atoms with van der Waals surface area (Å²) in [6.07, 6.45) is -0.678. The second kappa shape index (κ2) is 6.18. The van der Waals surface area contributed by atoms with Crippen molar-refractivity contribution >= 4 is 18.0 Å². The molecule has 6 nitrogen and oxygen atoms in total. The molecule has 1 aliphatic rings. The Hall–Kier alpha value is -2.37. The number of carbonyl (C=O) groups is 3. The van der Waals surface area contributed by atoms with E-state index in [-0.39, 0.29) is 25.5 Å². The number of hydrogen-bond donors (Lipinski definition) is 1. The number of benzene rings is 1. The van der Waals surface area contributed by atoms with E-state index in [0.717, 1.165) is 10.5 Å². The molecule has 1 atom stereocenters. The summed E-state index contributed by atoms with van der Waals surface area (Å²) in [5.41, 5.74) is 0.992. The van der Waals surface area contributed by atoms with Crippen LogP contribution in [0.4, 0.5) is 4.79 Å². The second-order valence-corrected chi connectivity index (χ2v) is 4.58. The van der Waals surface area contributed by atoms with Crippen molar-refractivity contribution in [3.05, 3.63) is 35.9 Å². The number of imide groups is 1. The Labute approximate surface area is 115 Å². The molecule has 1 aromatic carbocycles. The van der Waals surface area contributed by atoms with Gasteiger partial charge in [0.15, 0.2) is 0 Å². The summed E-state index contributed by atoms with van der Waals surface area (Å²) in [5.74, 6) is -1.57. The van der Waals surface area contributed by atoms with Crippen molar-refractivity contribution in [2.75, 3.05) is 6.61 Å². The van der Waals surface area contributed by atoms with Gasteiger partial charge in [0.05, 0.1) is 12.5 Å². The Kier molecular flexibility index (Phi) is 4.34. The minimum atomic E-state index is -1.06. The molecule has 2 rings (SSSR count). The minimum Gasteiger partial charge on any atom is -0.481 e. The Morgan fingerprint density at radius 3 is 2.60 bits per heavy atom. The van der Waals surface area contributed by atoms with Crippen LogP contribution < -0.4 is 0 Å². The van der Waals surface area contributed by atoms with Gasteiger partial charge in [-0.25, -0.2) is 9.69 Å². The molecule has 20 heavy (non-hydrogen) atoms. The molecule has 0 bridgehead atoms. The maximum absolute atomic E-state index is 11.9. The fourth-order valence-electron chi connectivity index (χ4n) is 2.14. The number of hydrogen-bond acceptors (Lipinski definition) is 4. The van der Waals surface area contributed by atoms with Crippen molar-refractivity contribution in [2.45, 2.75) is 25.3 Å². The molecule has 0 aromatic heterocycles. The van der Waals surface area contributed by atoms with Crippen LogP contribution in [-0.2, 0) is 20.7 Å². The number of carboxylic acids is 1. The lowest BCUT2D eigenvalue weighted by Gasteiger charge is -2.19. The molecule has 0 radical (unpaired) electrons. The average molecular weight is 277 g/mol. The van der Waals surface area contributed by atoms with Crippen molar-refractivity contribution in [1.82, 2.24) is 4.90 Å². The normalized spacial score (nSPS) is 17.9. The molecule has 0 unspecified atom stereocenters. The van der Waals surface area contributed by atoms with Crippen LogP contribution in [0.2, 0.25) is 0 Å². The van der Waals surface area contributed by atoms with Crippen LogP contribution in [0.3, 0.4) is 0 Å². The van der Waals surface area contributed by atoms with Gasteiger partial charge in [-0.3, -0.25) is 9.59 Å². The molecule has 2 amide bonds. The molecule has 1 saturated heterocycles. The van der Waals surface area contributed by atoms with Crippen molar-refractivity contribution in [3.63, 3.8) is 0 Å². The van der Waals surface area contributed by atoms with Gasteiger partial charge in [0.25, 0.3) is 0 Å². The van der Waals surface area contributed by atoms with Crippen LogP contribution in [0.1, 0.15) is 18.4 Å². The first-order chi connectivity index (χ1) is 9.58. The SMILES string of the molecule is O=C(O)CCC(=O)N1C(=O)OC[C@H]1Cc1ccccc1. The van der Waals surface area contributed by atoms with E-state index in [1.54, 1.807) is 0 Å². The molecule has 106 valence electrons. The lowest BCUT2D eigenvalue weighted by atomic mass is 10.1. The Morgan fingerprint density at radius 2 is 1.95 bits per heavy atom. The van der Waals surface area contributed by atoms with E-state index in [1.165, 1.54) is 0 Å². The number of carbonyl (C=O) groups excluding carboxylic acids is 2. The standard InChI is InChI=1S/C14H15NO5/c16-12(6-7-13(17)18)15-11(9-20-14(15)19)8-10-4-2-1-3-5-10/h1-5,11H,6-9H2,(H,17,18)/t11-/m1/s1. The zero-order valence-electron chi connectivity index (χ0n) is 10.8. The molecule has 0 saturated carbocycles. The smallest absolute Gasteiger partial charge is 0.416 e. The van der Waals surface area contributed by atoms with E-state index in [1.807, 2.05) is 30.3 Å². The molecule has 1 fully saturated rings. The maximum atomic E-state index is 11.9. The lowest BCUT2D eigenvalue weighted by Crippen LogP contribution is -2.40. The molecule has 0 spiro atoms. The van der Waals surface area contributed by atoms with Gasteiger partial charge in [-0.1, -0.05) is 30.3 Å². The van der Waals surface area contributed by atoms with E-state index in [0.29, 0.717) is 6.42 Å². The van der Waals surface area contributed by atoms with Gasteiger partial charge >= 0.3 is 12.1 Å². The summed E-state index contributed by atoms with van der Waals surface area (Å²) in [7, 11) is 0. The van der Waals surface area contributed by atoms with Gasteiger partial charge in [-0.2, -0.15) is 0 Å². The van der Waals surface area contributed by atoms with E-state index in [4.69, 9.17) is 9.84 Å². The average Bonchev–Trinajstić information content (AvgIpc) is 2.78. The Balaban J connectivity index is 2.03. The molecule has 1 aromatic rings. The van der Waals surface area contributed by atoms with Gasteiger partial charge in [0.2, 0.25) is 5.91 Å². The number of carboxylic acid groups (broad SMARTS) is 1. The van der Waals surface area contributed by atoms with Gasteiger partial charge in [0, 0.05) is 6.42 Å². The van der Waals surface area contributed by atoms with Gasteiger partial charge in [0.1, 0.15) is 6.61 Å². The molecule has 1 N–H and O–H groups in total. The number of ether oxygens (including phenoxy) is 1. The third kappa shape index (κ3) is 3.34. The van der Waals surface area contributed by atoms with E-state index in [2.05, 4.69) is 0 Å². The Morgan fingerprint density at radius 1 is 1.25 bits per heavy atom.